The van der Waals surface area contributed by atoms with E-state index in [2.05, 4.69) is 64.9 Å². The van der Waals surface area contributed by atoms with Gasteiger partial charge in [-0.25, -0.2) is 14.0 Å². The van der Waals surface area contributed by atoms with Crippen LogP contribution in [0.3, 0.4) is 0 Å². The summed E-state index contributed by atoms with van der Waals surface area (Å²) >= 11 is 15.0. The summed E-state index contributed by atoms with van der Waals surface area (Å²) in [7, 11) is 0. The molecular formula is C36H39N13O2S3. The Bertz CT molecular complexity index is 2460. The zero-order valence-electron chi connectivity index (χ0n) is 30.1. The summed E-state index contributed by atoms with van der Waals surface area (Å²) in [6.07, 6.45) is 2.01. The van der Waals surface area contributed by atoms with Crippen LogP contribution >= 0.6 is 36.7 Å². The van der Waals surface area contributed by atoms with Crippen LogP contribution in [0.4, 0.5) is 5.69 Å². The van der Waals surface area contributed by atoms with E-state index in [-0.39, 0.29) is 5.91 Å². The number of H-pyrrole nitrogens is 3. The molecular weight excluding hydrogens is 743 g/mol. The van der Waals surface area contributed by atoms with Gasteiger partial charge in [-0.2, -0.15) is 15.6 Å². The number of nitrogens with zero attached hydrogens (tertiary/aromatic N) is 9. The summed E-state index contributed by atoms with van der Waals surface area (Å²) in [5.41, 5.74) is 8.09. The van der Waals surface area contributed by atoms with E-state index in [1.807, 2.05) is 106 Å². The van der Waals surface area contributed by atoms with E-state index < -0.39 is 0 Å². The summed E-state index contributed by atoms with van der Waals surface area (Å²) in [6, 6.07) is 29.4. The van der Waals surface area contributed by atoms with E-state index in [0.29, 0.717) is 33.0 Å². The lowest BCUT2D eigenvalue weighted by molar-refractivity contribution is -0.116. The first kappa shape index (κ1) is 39.2. The lowest BCUT2D eigenvalue weighted by Crippen LogP contribution is -2.12. The highest BCUT2D eigenvalue weighted by Crippen LogP contribution is 2.19. The second-order valence-corrected chi connectivity index (χ2v) is 13.2. The summed E-state index contributed by atoms with van der Waals surface area (Å²) in [4.78, 5) is 12.2. The van der Waals surface area contributed by atoms with Crippen molar-refractivity contribution in [3.63, 3.8) is 0 Å². The maximum Gasteiger partial charge on any atom is 0.242 e. The predicted molar refractivity (Wildman–Crippen MR) is 213 cm³/mol. The van der Waals surface area contributed by atoms with Crippen molar-refractivity contribution in [3.8, 4) is 22.8 Å². The first-order valence-corrected chi connectivity index (χ1v) is 18.0. The summed E-state index contributed by atoms with van der Waals surface area (Å²) in [5.74, 6) is 0.869. The van der Waals surface area contributed by atoms with Crippen molar-refractivity contribution in [3.05, 3.63) is 128 Å². The molecule has 0 spiro atoms. The van der Waals surface area contributed by atoms with E-state index >= 15 is 0 Å². The Balaban J connectivity index is 0.000000178. The van der Waals surface area contributed by atoms with Crippen molar-refractivity contribution >= 4 is 48.2 Å². The Morgan fingerprint density at radius 2 is 1.17 bits per heavy atom. The van der Waals surface area contributed by atoms with Gasteiger partial charge in [0.15, 0.2) is 0 Å². The Labute approximate surface area is 326 Å². The molecule has 0 radical (unpaired) electrons. The molecule has 0 saturated carbocycles. The zero-order valence-corrected chi connectivity index (χ0v) is 32.5. The van der Waals surface area contributed by atoms with Crippen molar-refractivity contribution in [1.29, 1.82) is 0 Å². The van der Waals surface area contributed by atoms with Gasteiger partial charge in [0.05, 0.1) is 23.7 Å². The number of ether oxygens (including phenoxy) is 1. The molecule has 0 atom stereocenters. The highest BCUT2D eigenvalue weighted by Gasteiger charge is 2.06. The number of tetrazole rings is 3. The molecule has 0 aliphatic rings. The highest BCUT2D eigenvalue weighted by atomic mass is 32.1. The Morgan fingerprint density at radius 1 is 0.630 bits per heavy atom. The molecule has 0 bridgehead atoms. The topological polar surface area (TPSA) is 178 Å². The van der Waals surface area contributed by atoms with E-state index in [0.717, 1.165) is 41.2 Å². The molecule has 4 aromatic carbocycles. The first-order valence-electron chi connectivity index (χ1n) is 16.8. The fourth-order valence-corrected chi connectivity index (χ4v) is 5.60. The Morgan fingerprint density at radius 3 is 1.72 bits per heavy atom. The predicted octanol–water partition coefficient (Wildman–Crippen LogP) is 7.40. The normalized spacial score (nSPS) is 10.4. The third kappa shape index (κ3) is 11.3. The van der Waals surface area contributed by atoms with Gasteiger partial charge >= 0.3 is 0 Å². The van der Waals surface area contributed by atoms with Crippen LogP contribution in [0.25, 0.3) is 17.1 Å². The van der Waals surface area contributed by atoms with Gasteiger partial charge < -0.3 is 10.1 Å². The third-order valence-electron chi connectivity index (χ3n) is 7.74. The Hall–Kier alpha value is -5.98. The van der Waals surface area contributed by atoms with Gasteiger partial charge in [-0.3, -0.25) is 4.79 Å². The largest absolute Gasteiger partial charge is 0.493 e. The summed E-state index contributed by atoms with van der Waals surface area (Å²) in [6.45, 7) is 8.75. The number of nitrogens with one attached hydrogen (secondary N) is 4. The lowest BCUT2D eigenvalue weighted by atomic mass is 10.1. The number of amides is 1. The van der Waals surface area contributed by atoms with Crippen molar-refractivity contribution in [2.45, 2.75) is 47.0 Å². The number of hydrogen-bond acceptors (Lipinski definition) is 11. The van der Waals surface area contributed by atoms with Gasteiger partial charge in [0.1, 0.15) is 5.75 Å². The van der Waals surface area contributed by atoms with Gasteiger partial charge in [-0.15, -0.1) is 0 Å². The maximum absolute atomic E-state index is 12.2. The first-order chi connectivity index (χ1) is 26.1. The molecule has 278 valence electrons. The number of unbranched alkanes of at least 4 members (excludes halogenated alkanes) is 1. The van der Waals surface area contributed by atoms with Gasteiger partial charge in [-0.05, 0) is 137 Å². The Kier molecular flexibility index (Phi) is 13.9. The van der Waals surface area contributed by atoms with Crippen molar-refractivity contribution in [1.82, 2.24) is 60.6 Å². The molecule has 54 heavy (non-hydrogen) atoms. The van der Waals surface area contributed by atoms with Crippen LogP contribution in [-0.2, 0) is 4.79 Å². The molecule has 7 aromatic rings. The minimum atomic E-state index is -0.0324. The molecule has 0 aliphatic heterocycles. The maximum atomic E-state index is 12.2. The molecule has 0 aliphatic carbocycles. The van der Waals surface area contributed by atoms with Crippen LogP contribution in [0.15, 0.2) is 91.0 Å². The molecule has 7 rings (SSSR count). The van der Waals surface area contributed by atoms with Gasteiger partial charge in [0.25, 0.3) is 0 Å². The van der Waals surface area contributed by atoms with E-state index in [1.165, 1.54) is 16.7 Å². The summed E-state index contributed by atoms with van der Waals surface area (Å²) < 4.78 is 11.9. The molecule has 3 heterocycles. The molecule has 0 unspecified atom stereocenters. The molecule has 1 amide bonds. The minimum absolute atomic E-state index is 0.0324. The third-order valence-corrected chi connectivity index (χ3v) is 8.53. The molecule has 0 fully saturated rings. The zero-order chi connectivity index (χ0) is 38.5. The van der Waals surface area contributed by atoms with Gasteiger partial charge in [0.2, 0.25) is 20.2 Å². The van der Waals surface area contributed by atoms with Crippen molar-refractivity contribution in [2.75, 3.05) is 11.9 Å². The van der Waals surface area contributed by atoms with Crippen LogP contribution in [0.1, 0.15) is 41.5 Å². The number of carbonyl (C=O) groups is 1. The number of anilines is 1. The quantitative estimate of drug-likeness (QED) is 0.0803. The number of rotatable bonds is 10. The molecule has 3 aromatic heterocycles. The number of aromatic amines is 3. The SMILES string of the molecule is Cc1ccc(-n2[nH]nnc2=S)cc1.Cc1ccc(OCCCCC(=O)Nc2cccc(-n3[nH]nnc3=S)c2)c(C)c1.Cc1cccc(-n2[nH]nnc2=S)c1. The standard InChI is InChI=1S/C20H23N5O2S.2C8H8N4S/c1-14-9-10-18(15(2)12-14)27-11-4-3-8-19(26)21-16-6-5-7-17(13-16)25-20(28)22-23-24-25;1-6-2-4-7(5-3-6)12-8(13)9-10-11-12;1-6-3-2-4-7(5-6)12-8(13)9-10-11-12/h5-7,9-10,12-13H,3-4,8,11H2,1-2H3,(H,21,26)(H,22,24,28);2*2-5H,1H3,(H,9,11,13). The number of benzene rings is 4. The lowest BCUT2D eigenvalue weighted by Gasteiger charge is -2.10. The van der Waals surface area contributed by atoms with E-state index in [9.17, 15) is 4.79 Å². The van der Waals surface area contributed by atoms with Gasteiger partial charge in [0, 0.05) is 12.1 Å². The van der Waals surface area contributed by atoms with Crippen LogP contribution < -0.4 is 10.1 Å². The van der Waals surface area contributed by atoms with Crippen LogP contribution in [0, 0.1) is 42.0 Å². The second-order valence-electron chi connectivity index (χ2n) is 12.1. The average molecular weight is 782 g/mol. The summed E-state index contributed by atoms with van der Waals surface area (Å²) in [5, 5.41) is 33.0. The van der Waals surface area contributed by atoms with E-state index in [4.69, 9.17) is 41.4 Å². The van der Waals surface area contributed by atoms with Gasteiger partial charge in [-0.1, -0.05) is 84.5 Å². The molecule has 4 N–H and O–H groups in total. The second kappa shape index (κ2) is 19.2. The fraction of sp³-hybridized carbons (Fsp3) is 0.222. The van der Waals surface area contributed by atoms with Crippen LogP contribution in [-0.4, -0.2) is 73.1 Å². The van der Waals surface area contributed by atoms with Crippen LogP contribution in [0.5, 0.6) is 5.75 Å². The monoisotopic (exact) mass is 781 g/mol. The minimum Gasteiger partial charge on any atom is -0.493 e. The molecule has 15 nitrogen and oxygen atoms in total. The van der Waals surface area contributed by atoms with Crippen LogP contribution in [0.2, 0.25) is 0 Å². The molecule has 0 saturated heterocycles. The average Bonchev–Trinajstić information content (AvgIpc) is 3.91. The smallest absolute Gasteiger partial charge is 0.242 e. The van der Waals surface area contributed by atoms with Crippen molar-refractivity contribution < 1.29 is 9.53 Å². The fourth-order valence-electron chi connectivity index (χ4n) is 5.03. The number of aromatic nitrogens is 12. The molecule has 18 heteroatoms. The number of carbonyl (C=O) groups excluding carboxylic acids is 1. The number of aryl methyl sites for hydroxylation is 4. The highest BCUT2D eigenvalue weighted by molar-refractivity contribution is 7.71. The number of hydrogen-bond donors (Lipinski definition) is 4. The van der Waals surface area contributed by atoms with E-state index in [1.54, 1.807) is 14.0 Å². The van der Waals surface area contributed by atoms with Crippen molar-refractivity contribution in [2.24, 2.45) is 0 Å².